The Kier molecular flexibility index (Phi) is 2.63. The lowest BCUT2D eigenvalue weighted by molar-refractivity contribution is -0.146. The van der Waals surface area contributed by atoms with Crippen molar-refractivity contribution in [3.63, 3.8) is 0 Å². The number of carbonyl (C=O) groups excluding carboxylic acids is 1. The van der Waals surface area contributed by atoms with Gasteiger partial charge in [0.05, 0.1) is 13.7 Å². The fourth-order valence-electron chi connectivity index (χ4n) is 1.34. The summed E-state index contributed by atoms with van der Waals surface area (Å²) in [5.74, 6) is -0.338. The number of epoxide rings is 1. The van der Waals surface area contributed by atoms with E-state index in [4.69, 9.17) is 9.47 Å². The predicted octanol–water partition coefficient (Wildman–Crippen LogP) is 0.744. The molecule has 0 aromatic carbocycles. The van der Waals surface area contributed by atoms with E-state index in [9.17, 15) is 4.79 Å². The SMILES string of the molecule is CCOCC1(C)OC1(C)C(=O)OC. The zero-order valence-corrected chi connectivity index (χ0v) is 8.55. The van der Waals surface area contributed by atoms with E-state index in [2.05, 4.69) is 4.74 Å². The second-order valence-electron chi connectivity index (χ2n) is 3.49. The maximum absolute atomic E-state index is 11.3. The topological polar surface area (TPSA) is 48.1 Å². The molecule has 76 valence electrons. The summed E-state index contributed by atoms with van der Waals surface area (Å²) < 4.78 is 15.2. The fraction of sp³-hybridized carbons (Fsp3) is 0.889. The highest BCUT2D eigenvalue weighted by Gasteiger charge is 2.69. The Morgan fingerprint density at radius 2 is 2.08 bits per heavy atom. The summed E-state index contributed by atoms with van der Waals surface area (Å²) in [6, 6.07) is 0. The first-order valence-electron chi connectivity index (χ1n) is 4.36. The van der Waals surface area contributed by atoms with Gasteiger partial charge in [0.25, 0.3) is 0 Å². The number of hydrogen-bond acceptors (Lipinski definition) is 4. The monoisotopic (exact) mass is 188 g/mol. The lowest BCUT2D eigenvalue weighted by atomic mass is 9.97. The molecule has 0 spiro atoms. The Hall–Kier alpha value is -0.610. The van der Waals surface area contributed by atoms with Crippen LogP contribution in [0, 0.1) is 0 Å². The molecule has 1 aliphatic heterocycles. The molecule has 1 heterocycles. The van der Waals surface area contributed by atoms with Gasteiger partial charge in [-0.2, -0.15) is 0 Å². The van der Waals surface area contributed by atoms with Gasteiger partial charge < -0.3 is 14.2 Å². The number of carbonyl (C=O) groups is 1. The van der Waals surface area contributed by atoms with Crippen molar-refractivity contribution in [2.24, 2.45) is 0 Å². The minimum Gasteiger partial charge on any atom is -0.467 e. The summed E-state index contributed by atoms with van der Waals surface area (Å²) in [6.45, 7) is 6.52. The first-order valence-corrected chi connectivity index (χ1v) is 4.36. The van der Waals surface area contributed by atoms with Gasteiger partial charge in [-0.25, -0.2) is 4.79 Å². The number of rotatable bonds is 4. The van der Waals surface area contributed by atoms with Crippen LogP contribution in [0.5, 0.6) is 0 Å². The van der Waals surface area contributed by atoms with Gasteiger partial charge in [-0.05, 0) is 20.8 Å². The van der Waals surface area contributed by atoms with Crippen LogP contribution in [0.25, 0.3) is 0 Å². The smallest absolute Gasteiger partial charge is 0.341 e. The number of methoxy groups -OCH3 is 1. The van der Waals surface area contributed by atoms with Crippen LogP contribution in [0.1, 0.15) is 20.8 Å². The van der Waals surface area contributed by atoms with Crippen molar-refractivity contribution in [1.82, 2.24) is 0 Å². The highest BCUT2D eigenvalue weighted by Crippen LogP contribution is 2.48. The molecular formula is C9H16O4. The Balaban J connectivity index is 2.53. The zero-order valence-electron chi connectivity index (χ0n) is 8.55. The van der Waals surface area contributed by atoms with E-state index in [0.29, 0.717) is 13.2 Å². The van der Waals surface area contributed by atoms with Crippen molar-refractivity contribution in [1.29, 1.82) is 0 Å². The standard InChI is InChI=1S/C9H16O4/c1-5-12-6-8(2)9(3,13-8)7(10)11-4/h5-6H2,1-4H3. The molecule has 1 aliphatic rings. The molecule has 4 nitrogen and oxygen atoms in total. The third-order valence-corrected chi connectivity index (χ3v) is 2.55. The third kappa shape index (κ3) is 1.56. The average Bonchev–Trinajstić information content (AvgIpc) is 2.67. The summed E-state index contributed by atoms with van der Waals surface area (Å²) in [6.07, 6.45) is 0. The van der Waals surface area contributed by atoms with Crippen molar-refractivity contribution >= 4 is 5.97 Å². The zero-order chi connectivity index (χ0) is 10.1. The Bertz CT molecular complexity index is 216. The molecule has 0 radical (unpaired) electrons. The molecule has 0 N–H and O–H groups in total. The molecule has 0 saturated carbocycles. The van der Waals surface area contributed by atoms with Crippen LogP contribution < -0.4 is 0 Å². The molecule has 4 heteroatoms. The number of hydrogen-bond donors (Lipinski definition) is 0. The average molecular weight is 188 g/mol. The molecule has 0 aromatic rings. The van der Waals surface area contributed by atoms with E-state index in [1.54, 1.807) is 6.92 Å². The van der Waals surface area contributed by atoms with Gasteiger partial charge in [-0.15, -0.1) is 0 Å². The Morgan fingerprint density at radius 1 is 1.46 bits per heavy atom. The van der Waals surface area contributed by atoms with Gasteiger partial charge in [0.2, 0.25) is 0 Å². The Labute approximate surface area is 78.2 Å². The molecule has 0 amide bonds. The van der Waals surface area contributed by atoms with Gasteiger partial charge in [0.15, 0.2) is 5.60 Å². The first kappa shape index (κ1) is 10.5. The molecule has 0 aromatic heterocycles. The fourth-order valence-corrected chi connectivity index (χ4v) is 1.34. The highest BCUT2D eigenvalue weighted by atomic mass is 16.7. The van der Waals surface area contributed by atoms with Gasteiger partial charge >= 0.3 is 5.97 Å². The van der Waals surface area contributed by atoms with Crippen LogP contribution in [-0.2, 0) is 19.0 Å². The van der Waals surface area contributed by atoms with Crippen LogP contribution in [-0.4, -0.2) is 37.5 Å². The van der Waals surface area contributed by atoms with Gasteiger partial charge in [0, 0.05) is 6.61 Å². The second kappa shape index (κ2) is 3.27. The van der Waals surface area contributed by atoms with E-state index < -0.39 is 11.2 Å². The van der Waals surface area contributed by atoms with E-state index in [-0.39, 0.29) is 5.97 Å². The van der Waals surface area contributed by atoms with Crippen molar-refractivity contribution < 1.29 is 19.0 Å². The second-order valence-corrected chi connectivity index (χ2v) is 3.49. The van der Waals surface area contributed by atoms with Gasteiger partial charge in [-0.1, -0.05) is 0 Å². The largest absolute Gasteiger partial charge is 0.467 e. The van der Waals surface area contributed by atoms with Crippen LogP contribution in [0.2, 0.25) is 0 Å². The van der Waals surface area contributed by atoms with Crippen LogP contribution >= 0.6 is 0 Å². The van der Waals surface area contributed by atoms with Crippen molar-refractivity contribution in [3.05, 3.63) is 0 Å². The number of esters is 1. The summed E-state index contributed by atoms with van der Waals surface area (Å²) in [4.78, 5) is 11.3. The maximum atomic E-state index is 11.3. The van der Waals surface area contributed by atoms with Crippen molar-refractivity contribution in [3.8, 4) is 0 Å². The third-order valence-electron chi connectivity index (χ3n) is 2.55. The van der Waals surface area contributed by atoms with E-state index in [1.807, 2.05) is 13.8 Å². The maximum Gasteiger partial charge on any atom is 0.341 e. The Morgan fingerprint density at radius 3 is 2.54 bits per heavy atom. The molecule has 0 bridgehead atoms. The molecule has 1 rings (SSSR count). The summed E-state index contributed by atoms with van der Waals surface area (Å²) in [5.41, 5.74) is -1.34. The summed E-state index contributed by atoms with van der Waals surface area (Å²) in [7, 11) is 1.36. The van der Waals surface area contributed by atoms with E-state index >= 15 is 0 Å². The molecule has 2 atom stereocenters. The molecular weight excluding hydrogens is 172 g/mol. The highest BCUT2D eigenvalue weighted by molar-refractivity contribution is 5.84. The quantitative estimate of drug-likeness (QED) is 0.482. The normalized spacial score (nSPS) is 37.2. The lowest BCUT2D eigenvalue weighted by Crippen LogP contribution is -2.33. The van der Waals surface area contributed by atoms with Crippen LogP contribution in [0.3, 0.4) is 0 Å². The summed E-state index contributed by atoms with van der Waals surface area (Å²) >= 11 is 0. The van der Waals surface area contributed by atoms with Crippen molar-refractivity contribution in [2.75, 3.05) is 20.3 Å². The minimum atomic E-state index is -0.822. The predicted molar refractivity (Wildman–Crippen MR) is 46.4 cm³/mol. The molecule has 1 saturated heterocycles. The van der Waals surface area contributed by atoms with Crippen LogP contribution in [0.15, 0.2) is 0 Å². The minimum absolute atomic E-state index is 0.338. The van der Waals surface area contributed by atoms with Crippen molar-refractivity contribution in [2.45, 2.75) is 32.0 Å². The number of ether oxygens (including phenoxy) is 3. The molecule has 13 heavy (non-hydrogen) atoms. The van der Waals surface area contributed by atoms with Gasteiger partial charge in [0.1, 0.15) is 5.60 Å². The first-order chi connectivity index (χ1) is 6.00. The van der Waals surface area contributed by atoms with Crippen LogP contribution in [0.4, 0.5) is 0 Å². The molecule has 2 unspecified atom stereocenters. The lowest BCUT2D eigenvalue weighted by Gasteiger charge is -2.10. The van der Waals surface area contributed by atoms with E-state index in [1.165, 1.54) is 7.11 Å². The summed E-state index contributed by atoms with van der Waals surface area (Å²) in [5, 5.41) is 0. The van der Waals surface area contributed by atoms with Gasteiger partial charge in [-0.3, -0.25) is 0 Å². The molecule has 0 aliphatic carbocycles. The molecule has 1 fully saturated rings. The van der Waals surface area contributed by atoms with E-state index in [0.717, 1.165) is 0 Å².